The van der Waals surface area contributed by atoms with Gasteiger partial charge in [0, 0.05) is 15.5 Å². The van der Waals surface area contributed by atoms with E-state index in [1.165, 1.54) is 11.3 Å². The van der Waals surface area contributed by atoms with E-state index in [2.05, 4.69) is 0 Å². The number of hydrogen-bond acceptors (Lipinski definition) is 4. The fourth-order valence-corrected chi connectivity index (χ4v) is 4.64. The number of thioether (sulfide) groups is 1. The van der Waals surface area contributed by atoms with E-state index in [4.69, 9.17) is 16.3 Å². The molecule has 1 saturated heterocycles. The van der Waals surface area contributed by atoms with E-state index in [-0.39, 0.29) is 18.1 Å². The van der Waals surface area contributed by atoms with Crippen LogP contribution in [0.25, 0.3) is 0 Å². The highest BCUT2D eigenvalue weighted by Crippen LogP contribution is 2.35. The van der Waals surface area contributed by atoms with Crippen LogP contribution in [-0.2, 0) is 4.74 Å². The molecule has 3 rings (SSSR count). The van der Waals surface area contributed by atoms with Crippen molar-refractivity contribution in [3.05, 3.63) is 51.2 Å². The zero-order chi connectivity index (χ0) is 18.0. The Balaban J connectivity index is 1.82. The van der Waals surface area contributed by atoms with Crippen LogP contribution in [0.4, 0.5) is 8.78 Å². The molecule has 1 aromatic heterocycles. The molecule has 2 unspecified atom stereocenters. The molecule has 1 aromatic carbocycles. The summed E-state index contributed by atoms with van der Waals surface area (Å²) < 4.78 is 31.2. The lowest BCUT2D eigenvalue weighted by molar-refractivity contribution is -0.0485. The molecule has 8 heteroatoms. The third-order valence-electron chi connectivity index (χ3n) is 3.99. The van der Waals surface area contributed by atoms with Crippen LogP contribution in [0, 0.1) is 0 Å². The largest absolute Gasteiger partial charge is 0.369 e. The van der Waals surface area contributed by atoms with Gasteiger partial charge in [-0.3, -0.25) is 4.79 Å². The predicted molar refractivity (Wildman–Crippen MR) is 96.8 cm³/mol. The van der Waals surface area contributed by atoms with Crippen molar-refractivity contribution >= 4 is 40.6 Å². The van der Waals surface area contributed by atoms with Crippen molar-refractivity contribution in [1.29, 1.82) is 0 Å². The molecule has 0 N–H and O–H groups in total. The minimum Gasteiger partial charge on any atom is -0.369 e. The number of nitrogens with zero attached hydrogens (tertiary/aromatic N) is 1. The van der Waals surface area contributed by atoms with Crippen LogP contribution in [0.5, 0.6) is 0 Å². The number of hydrogen-bond donors (Lipinski definition) is 0. The molecule has 0 aliphatic carbocycles. The predicted octanol–water partition coefficient (Wildman–Crippen LogP) is 5.32. The van der Waals surface area contributed by atoms with Crippen molar-refractivity contribution in [2.24, 2.45) is 0 Å². The summed E-state index contributed by atoms with van der Waals surface area (Å²) in [6.45, 7) is 2.58. The van der Waals surface area contributed by atoms with Gasteiger partial charge in [0.05, 0.1) is 19.2 Å². The Morgan fingerprint density at radius 1 is 1.40 bits per heavy atom. The zero-order valence-electron chi connectivity index (χ0n) is 13.3. The van der Waals surface area contributed by atoms with E-state index in [0.717, 1.165) is 5.56 Å². The standard InChI is InChI=1S/C17H16ClF2NO2S2/c1-10-9-23-13(11-4-2-3-5-12(11)18)8-21(10)16(22)15-14(6-7-24-15)25-17(19)20/h2-7,10,13,17H,8-9H2,1H3. The number of carbonyl (C=O) groups excluding carboxylic acids is 1. The summed E-state index contributed by atoms with van der Waals surface area (Å²) in [5, 5.41) is 2.24. The van der Waals surface area contributed by atoms with Crippen LogP contribution >= 0.6 is 34.7 Å². The fraction of sp³-hybridized carbons (Fsp3) is 0.353. The minimum atomic E-state index is -2.56. The van der Waals surface area contributed by atoms with Gasteiger partial charge in [-0.15, -0.1) is 11.3 Å². The summed E-state index contributed by atoms with van der Waals surface area (Å²) in [4.78, 5) is 15.3. The first-order chi connectivity index (χ1) is 12.0. The van der Waals surface area contributed by atoms with Gasteiger partial charge < -0.3 is 9.64 Å². The molecule has 3 nitrogen and oxygen atoms in total. The number of ether oxygens (including phenoxy) is 1. The molecule has 0 radical (unpaired) electrons. The van der Waals surface area contributed by atoms with Crippen LogP contribution in [0.15, 0.2) is 40.6 Å². The lowest BCUT2D eigenvalue weighted by atomic mass is 10.1. The van der Waals surface area contributed by atoms with Crippen LogP contribution in [0.3, 0.4) is 0 Å². The molecule has 0 spiro atoms. The van der Waals surface area contributed by atoms with Crippen molar-refractivity contribution < 1.29 is 18.3 Å². The Morgan fingerprint density at radius 3 is 2.88 bits per heavy atom. The number of alkyl halides is 2. The zero-order valence-corrected chi connectivity index (χ0v) is 15.7. The van der Waals surface area contributed by atoms with Gasteiger partial charge in [0.2, 0.25) is 0 Å². The molecule has 1 amide bonds. The summed E-state index contributed by atoms with van der Waals surface area (Å²) in [6.07, 6.45) is -0.333. The van der Waals surface area contributed by atoms with Gasteiger partial charge in [-0.25, -0.2) is 0 Å². The maximum atomic E-state index is 12.9. The SMILES string of the molecule is CC1COC(c2ccccc2Cl)CN1C(=O)c1sccc1SC(F)F. The second kappa shape index (κ2) is 8.03. The Bertz CT molecular complexity index is 756. The van der Waals surface area contributed by atoms with Gasteiger partial charge >= 0.3 is 0 Å². The molecule has 2 atom stereocenters. The van der Waals surface area contributed by atoms with Gasteiger partial charge in [-0.2, -0.15) is 8.78 Å². The van der Waals surface area contributed by atoms with Crippen molar-refractivity contribution in [3.63, 3.8) is 0 Å². The first kappa shape index (κ1) is 18.6. The second-order valence-electron chi connectivity index (χ2n) is 5.64. The van der Waals surface area contributed by atoms with Crippen molar-refractivity contribution in [2.75, 3.05) is 13.2 Å². The summed E-state index contributed by atoms with van der Waals surface area (Å²) in [7, 11) is 0. The lowest BCUT2D eigenvalue weighted by Gasteiger charge is -2.38. The maximum absolute atomic E-state index is 12.9. The van der Waals surface area contributed by atoms with E-state index in [1.807, 2.05) is 25.1 Å². The quantitative estimate of drug-likeness (QED) is 0.647. The molecular weight excluding hydrogens is 388 g/mol. The number of thiophene rings is 1. The summed E-state index contributed by atoms with van der Waals surface area (Å²) in [5.41, 5.74) is 0.822. The van der Waals surface area contributed by atoms with Gasteiger partial charge in [-0.05, 0) is 24.4 Å². The van der Waals surface area contributed by atoms with Crippen molar-refractivity contribution in [3.8, 4) is 0 Å². The normalized spacial score (nSPS) is 20.9. The van der Waals surface area contributed by atoms with E-state index in [9.17, 15) is 13.6 Å². The Hall–Kier alpha value is -1.15. The topological polar surface area (TPSA) is 29.5 Å². The Kier molecular flexibility index (Phi) is 5.99. The van der Waals surface area contributed by atoms with E-state index in [0.29, 0.717) is 39.7 Å². The highest BCUT2D eigenvalue weighted by Gasteiger charge is 2.33. The number of halogens is 3. The minimum absolute atomic E-state index is 0.141. The molecule has 1 fully saturated rings. The van der Waals surface area contributed by atoms with Gasteiger partial charge in [0.25, 0.3) is 11.7 Å². The lowest BCUT2D eigenvalue weighted by Crippen LogP contribution is -2.48. The molecule has 134 valence electrons. The van der Waals surface area contributed by atoms with Crippen LogP contribution in [-0.4, -0.2) is 35.8 Å². The molecular formula is C17H16ClF2NO2S2. The van der Waals surface area contributed by atoms with E-state index >= 15 is 0 Å². The summed E-state index contributed by atoms with van der Waals surface area (Å²) >= 11 is 7.82. The highest BCUT2D eigenvalue weighted by atomic mass is 35.5. The van der Waals surface area contributed by atoms with Crippen LogP contribution < -0.4 is 0 Å². The smallest absolute Gasteiger partial charge is 0.288 e. The highest BCUT2D eigenvalue weighted by molar-refractivity contribution is 7.99. The molecule has 2 aromatic rings. The van der Waals surface area contributed by atoms with Crippen molar-refractivity contribution in [2.45, 2.75) is 29.7 Å². The Labute approximate surface area is 157 Å². The van der Waals surface area contributed by atoms with E-state index < -0.39 is 5.76 Å². The molecule has 2 heterocycles. The van der Waals surface area contributed by atoms with Gasteiger partial charge in [0.15, 0.2) is 0 Å². The second-order valence-corrected chi connectivity index (χ2v) is 8.00. The molecule has 1 aliphatic heterocycles. The average Bonchev–Trinajstić information content (AvgIpc) is 3.03. The third kappa shape index (κ3) is 4.16. The first-order valence-corrected chi connectivity index (χ1v) is 9.80. The Morgan fingerprint density at radius 2 is 2.16 bits per heavy atom. The molecule has 0 saturated carbocycles. The summed E-state index contributed by atoms with van der Waals surface area (Å²) in [6, 6.07) is 8.77. The average molecular weight is 404 g/mol. The maximum Gasteiger partial charge on any atom is 0.288 e. The first-order valence-electron chi connectivity index (χ1n) is 7.66. The number of rotatable bonds is 4. The van der Waals surface area contributed by atoms with Crippen LogP contribution in [0.1, 0.15) is 28.3 Å². The number of benzene rings is 1. The molecule has 1 aliphatic rings. The fourth-order valence-electron chi connectivity index (χ4n) is 2.74. The monoisotopic (exact) mass is 403 g/mol. The summed E-state index contributed by atoms with van der Waals surface area (Å²) in [5.74, 6) is -2.80. The van der Waals surface area contributed by atoms with E-state index in [1.54, 1.807) is 22.4 Å². The molecule has 0 bridgehead atoms. The molecule has 25 heavy (non-hydrogen) atoms. The number of carbonyl (C=O) groups is 1. The van der Waals surface area contributed by atoms with Gasteiger partial charge in [-0.1, -0.05) is 41.6 Å². The van der Waals surface area contributed by atoms with Crippen LogP contribution in [0.2, 0.25) is 5.02 Å². The van der Waals surface area contributed by atoms with Crippen molar-refractivity contribution in [1.82, 2.24) is 4.90 Å². The van der Waals surface area contributed by atoms with Gasteiger partial charge in [0.1, 0.15) is 11.0 Å². The third-order valence-corrected chi connectivity index (χ3v) is 6.13. The number of amides is 1. The number of morpholine rings is 1.